The number of thiazole rings is 1. The van der Waals surface area contributed by atoms with Crippen LogP contribution in [0.25, 0.3) is 21.6 Å². The first-order valence-electron chi connectivity index (χ1n) is 17.9. The highest BCUT2D eigenvalue weighted by molar-refractivity contribution is 7.90. The van der Waals surface area contributed by atoms with Gasteiger partial charge in [0.05, 0.1) is 30.1 Å². The van der Waals surface area contributed by atoms with E-state index in [0.29, 0.717) is 51.0 Å². The van der Waals surface area contributed by atoms with Gasteiger partial charge in [0, 0.05) is 35.6 Å². The van der Waals surface area contributed by atoms with E-state index in [4.69, 9.17) is 31.0 Å². The highest BCUT2D eigenvalue weighted by atomic mass is 35.5. The molecule has 5 atom stereocenters. The van der Waals surface area contributed by atoms with Crippen LogP contribution < -0.4 is 19.5 Å². The van der Waals surface area contributed by atoms with E-state index in [1.54, 1.807) is 19.1 Å². The fourth-order valence-corrected chi connectivity index (χ4v) is 9.08. The van der Waals surface area contributed by atoms with Crippen LogP contribution in [0, 0.1) is 5.92 Å². The number of fused-ring (bicyclic) bond motifs is 3. The molecule has 3 amide bonds. The van der Waals surface area contributed by atoms with Crippen LogP contribution >= 0.6 is 22.9 Å². The molecule has 4 heterocycles. The Bertz CT molecular complexity index is 2000. The van der Waals surface area contributed by atoms with Crippen molar-refractivity contribution < 1.29 is 32.3 Å². The van der Waals surface area contributed by atoms with Gasteiger partial charge in [0.1, 0.15) is 44.9 Å². The number of halogens is 1. The Labute approximate surface area is 313 Å². The maximum absolute atomic E-state index is 14.2. The minimum atomic E-state index is -3.96. The van der Waals surface area contributed by atoms with Crippen LogP contribution in [0.15, 0.2) is 35.7 Å². The number of hydrogen-bond acceptors (Lipinski definition) is 10. The number of nitrogens with zero attached hydrogens (tertiary/aromatic N) is 3. The Morgan fingerprint density at radius 2 is 1.96 bits per heavy atom. The zero-order chi connectivity index (χ0) is 37.4. The van der Waals surface area contributed by atoms with Crippen molar-refractivity contribution in [2.45, 2.75) is 108 Å². The molecule has 280 valence electrons. The van der Waals surface area contributed by atoms with E-state index < -0.39 is 44.8 Å². The molecule has 1 unspecified atom stereocenters. The summed E-state index contributed by atoms with van der Waals surface area (Å²) in [6.45, 7) is 7.54. The Hall–Kier alpha value is -3.75. The first-order valence-corrected chi connectivity index (χ1v) is 20.7. The lowest BCUT2D eigenvalue weighted by atomic mass is 10.1. The monoisotopic (exact) mass is 771 g/mol. The number of nitrogens with one attached hydrogen (secondary N) is 2. The molecule has 2 aliphatic heterocycles. The van der Waals surface area contributed by atoms with Crippen LogP contribution in [0.2, 0.25) is 5.02 Å². The molecule has 1 aliphatic carbocycles. The van der Waals surface area contributed by atoms with E-state index in [1.807, 2.05) is 23.6 Å². The van der Waals surface area contributed by atoms with Gasteiger partial charge in [-0.1, -0.05) is 50.9 Å². The number of rotatable bonds is 9. The number of carbonyl (C=O) groups excluding carboxylic acids is 3. The molecule has 3 aromatic rings. The van der Waals surface area contributed by atoms with Crippen molar-refractivity contribution in [1.82, 2.24) is 24.9 Å². The third-order valence-electron chi connectivity index (χ3n) is 10.3. The van der Waals surface area contributed by atoms with E-state index in [9.17, 15) is 22.8 Å². The molecule has 52 heavy (non-hydrogen) atoms. The van der Waals surface area contributed by atoms with E-state index >= 15 is 0 Å². The zero-order valence-corrected chi connectivity index (χ0v) is 32.5. The lowest BCUT2D eigenvalue weighted by Gasteiger charge is -2.27. The number of pyridine rings is 1. The number of carbonyl (C=O) groups is 3. The third-order valence-corrected chi connectivity index (χ3v) is 13.4. The number of amides is 3. The second-order valence-electron chi connectivity index (χ2n) is 14.2. The first-order chi connectivity index (χ1) is 24.8. The van der Waals surface area contributed by atoms with Crippen LogP contribution in [0.1, 0.15) is 90.7 Å². The maximum atomic E-state index is 14.2. The largest absolute Gasteiger partial charge is 0.495 e. The quantitative estimate of drug-likeness (QED) is 0.244. The Kier molecular flexibility index (Phi) is 11.2. The Morgan fingerprint density at radius 1 is 1.17 bits per heavy atom. The maximum Gasteiger partial charge on any atom is 0.259 e. The van der Waals surface area contributed by atoms with E-state index in [-0.39, 0.29) is 43.6 Å². The second kappa shape index (κ2) is 15.3. The summed E-state index contributed by atoms with van der Waals surface area (Å²) in [4.78, 5) is 52.7. The first kappa shape index (κ1) is 38.0. The summed E-state index contributed by atoms with van der Waals surface area (Å²) in [5, 5.41) is 5.75. The predicted molar refractivity (Wildman–Crippen MR) is 201 cm³/mol. The zero-order valence-electron chi connectivity index (χ0n) is 30.1. The van der Waals surface area contributed by atoms with Crippen LogP contribution in [-0.4, -0.2) is 77.6 Å². The molecular weight excluding hydrogens is 726 g/mol. The summed E-state index contributed by atoms with van der Waals surface area (Å²) in [5.74, 6) is -0.708. The molecule has 2 N–H and O–H groups in total. The molecule has 15 heteroatoms. The van der Waals surface area contributed by atoms with Gasteiger partial charge in [-0.05, 0) is 57.1 Å². The van der Waals surface area contributed by atoms with E-state index in [2.05, 4.69) is 23.9 Å². The van der Waals surface area contributed by atoms with Crippen molar-refractivity contribution in [3.63, 3.8) is 0 Å². The Balaban J connectivity index is 1.32. The number of methoxy groups -OCH3 is 1. The van der Waals surface area contributed by atoms with E-state index in [1.165, 1.54) is 30.3 Å². The molecule has 0 spiro atoms. The molecule has 2 aromatic heterocycles. The Morgan fingerprint density at radius 3 is 2.67 bits per heavy atom. The minimum Gasteiger partial charge on any atom is -0.495 e. The number of allylic oxidation sites excluding steroid dienone is 1. The average Bonchev–Trinajstić information content (AvgIpc) is 3.41. The van der Waals surface area contributed by atoms with Gasteiger partial charge in [-0.15, -0.1) is 11.3 Å². The fourth-order valence-electron chi connectivity index (χ4n) is 6.77. The highest BCUT2D eigenvalue weighted by Crippen LogP contribution is 2.46. The lowest BCUT2D eigenvalue weighted by molar-refractivity contribution is -0.139. The lowest BCUT2D eigenvalue weighted by Crippen LogP contribution is -2.57. The van der Waals surface area contributed by atoms with Crippen molar-refractivity contribution in [3.05, 3.63) is 46.4 Å². The van der Waals surface area contributed by atoms with Crippen LogP contribution in [0.5, 0.6) is 11.5 Å². The van der Waals surface area contributed by atoms with Gasteiger partial charge in [0.25, 0.3) is 5.91 Å². The fraction of sp³-hybridized carbons (Fsp3) is 0.541. The standard InChI is InChI=1S/C37H46ClN5O7S2/c1-6-22(4)52(47,48)42-36(46)37-18-23(37)12-10-8-7-9-11-13-31(44)43-19-24(16-28(43)34(45)41-37)50-30-17-26(35-40-27(20-51-35)21(2)3)39-33-25(30)14-15-29(49-5)32(33)38/h10,12,14-15,17,20-24,28H,6-9,11,13,16,18-19H2,1-5H3,(H,41,45)(H,42,46)/b12-10-/t22?,23-,24-,28+,37-/m1/s1. The van der Waals surface area contributed by atoms with Crippen molar-refractivity contribution in [2.75, 3.05) is 13.7 Å². The molecule has 0 radical (unpaired) electrons. The second-order valence-corrected chi connectivity index (χ2v) is 17.6. The number of benzene rings is 1. The topological polar surface area (TPSA) is 157 Å². The summed E-state index contributed by atoms with van der Waals surface area (Å²) >= 11 is 8.25. The molecule has 1 aromatic carbocycles. The van der Waals surface area contributed by atoms with Gasteiger partial charge < -0.3 is 19.7 Å². The minimum absolute atomic E-state index is 0.139. The summed E-state index contributed by atoms with van der Waals surface area (Å²) < 4.78 is 40.2. The SMILES string of the molecule is CCC(C)S(=O)(=O)NC(=O)[C@@]12C[C@H]1/C=C\CCCCCC(=O)N1C[C@H](Oc3cc(-c4nc(C(C)C)cs4)nc4c(Cl)c(OC)ccc34)C[C@H]1C(=O)N2. The van der Waals surface area contributed by atoms with Gasteiger partial charge >= 0.3 is 0 Å². The van der Waals surface area contributed by atoms with Gasteiger partial charge in [-0.2, -0.15) is 0 Å². The molecule has 3 aliphatic rings. The third kappa shape index (κ3) is 7.65. The molecule has 2 fully saturated rings. The number of sulfonamides is 1. The van der Waals surface area contributed by atoms with Crippen molar-refractivity contribution in [1.29, 1.82) is 0 Å². The van der Waals surface area contributed by atoms with Crippen LogP contribution in [0.4, 0.5) is 0 Å². The van der Waals surface area contributed by atoms with Gasteiger partial charge in [-0.3, -0.25) is 19.1 Å². The van der Waals surface area contributed by atoms with Gasteiger partial charge in [0.2, 0.25) is 21.8 Å². The number of aromatic nitrogens is 2. The average molecular weight is 772 g/mol. The normalized spacial score (nSPS) is 25.1. The van der Waals surface area contributed by atoms with Crippen molar-refractivity contribution in [3.8, 4) is 22.2 Å². The molecular formula is C37H46ClN5O7S2. The summed E-state index contributed by atoms with van der Waals surface area (Å²) in [7, 11) is -2.43. The van der Waals surface area contributed by atoms with Crippen LogP contribution in [0.3, 0.4) is 0 Å². The van der Waals surface area contributed by atoms with Gasteiger partial charge in [0.15, 0.2) is 0 Å². The molecule has 12 nitrogen and oxygen atoms in total. The van der Waals surface area contributed by atoms with Crippen LogP contribution in [-0.2, 0) is 24.4 Å². The predicted octanol–water partition coefficient (Wildman–Crippen LogP) is 6.13. The molecule has 0 bridgehead atoms. The van der Waals surface area contributed by atoms with Gasteiger partial charge in [-0.25, -0.2) is 18.4 Å². The smallest absolute Gasteiger partial charge is 0.259 e. The molecule has 1 saturated heterocycles. The molecule has 1 saturated carbocycles. The van der Waals surface area contributed by atoms with Crippen molar-refractivity contribution in [2.24, 2.45) is 5.92 Å². The molecule has 6 rings (SSSR count). The number of hydrogen-bond donors (Lipinski definition) is 2. The number of ether oxygens (including phenoxy) is 2. The highest BCUT2D eigenvalue weighted by Gasteiger charge is 2.61. The van der Waals surface area contributed by atoms with Crippen molar-refractivity contribution >= 4 is 61.6 Å². The van der Waals surface area contributed by atoms with E-state index in [0.717, 1.165) is 25.0 Å². The summed E-state index contributed by atoms with van der Waals surface area (Å²) in [5.41, 5.74) is 0.523. The summed E-state index contributed by atoms with van der Waals surface area (Å²) in [6.07, 6.45) is 7.38. The summed E-state index contributed by atoms with van der Waals surface area (Å²) in [6, 6.07) is 4.42.